The maximum absolute atomic E-state index is 12.9. The molecule has 1 aromatic heterocycles. The van der Waals surface area contributed by atoms with Crippen LogP contribution in [-0.4, -0.2) is 17.4 Å². The van der Waals surface area contributed by atoms with E-state index in [0.29, 0.717) is 24.4 Å². The predicted molar refractivity (Wildman–Crippen MR) is 105 cm³/mol. The van der Waals surface area contributed by atoms with Crippen molar-refractivity contribution in [2.45, 2.75) is 32.6 Å². The molecule has 0 atom stereocenters. The van der Waals surface area contributed by atoms with Gasteiger partial charge in [0.15, 0.2) is 0 Å². The molecule has 4 nitrogen and oxygen atoms in total. The summed E-state index contributed by atoms with van der Waals surface area (Å²) in [7, 11) is 0. The number of benzene rings is 2. The smallest absolute Gasteiger partial charge is 0.251 e. The van der Waals surface area contributed by atoms with Crippen LogP contribution >= 0.6 is 0 Å². The van der Waals surface area contributed by atoms with Crippen LogP contribution in [-0.2, 0) is 17.6 Å². The Labute approximate surface area is 157 Å². The van der Waals surface area contributed by atoms with Crippen LogP contribution in [0.1, 0.15) is 36.5 Å². The largest absolute Gasteiger partial charge is 0.355 e. The number of amides is 1. The Hall–Kier alpha value is -2.95. The molecule has 1 heterocycles. The minimum atomic E-state index is -0.324. The van der Waals surface area contributed by atoms with Crippen molar-refractivity contribution in [3.63, 3.8) is 0 Å². The summed E-state index contributed by atoms with van der Waals surface area (Å²) in [4.78, 5) is 27.2. The number of hydrogen-bond donors (Lipinski definition) is 2. The first-order chi connectivity index (χ1) is 12.9. The zero-order chi connectivity index (χ0) is 19.4. The van der Waals surface area contributed by atoms with E-state index in [0.717, 1.165) is 16.5 Å². The van der Waals surface area contributed by atoms with E-state index in [1.54, 1.807) is 12.1 Å². The molecule has 0 aliphatic rings. The van der Waals surface area contributed by atoms with Crippen LogP contribution in [0.5, 0.6) is 0 Å². The molecular weight excluding hydrogens is 343 g/mol. The monoisotopic (exact) mass is 366 g/mol. The van der Waals surface area contributed by atoms with Crippen molar-refractivity contribution >= 4 is 16.8 Å². The van der Waals surface area contributed by atoms with Gasteiger partial charge in [-0.15, -0.1) is 0 Å². The zero-order valence-electron chi connectivity index (χ0n) is 15.5. The van der Waals surface area contributed by atoms with Gasteiger partial charge in [0.05, 0.1) is 6.42 Å². The normalized spacial score (nSPS) is 11.1. The van der Waals surface area contributed by atoms with Gasteiger partial charge in [-0.1, -0.05) is 32.0 Å². The molecule has 3 aromatic rings. The molecule has 0 radical (unpaired) electrons. The fourth-order valence-electron chi connectivity index (χ4n) is 3.00. The van der Waals surface area contributed by atoms with Gasteiger partial charge in [0.1, 0.15) is 5.82 Å². The summed E-state index contributed by atoms with van der Waals surface area (Å²) in [5.41, 5.74) is 3.29. The molecular formula is C22H23FN2O2. The molecule has 140 valence electrons. The van der Waals surface area contributed by atoms with E-state index in [4.69, 9.17) is 0 Å². The van der Waals surface area contributed by atoms with E-state index in [1.165, 1.54) is 17.7 Å². The number of pyridine rings is 1. The number of aromatic nitrogens is 1. The summed E-state index contributed by atoms with van der Waals surface area (Å²) in [5.74, 6) is -0.0632. The molecule has 0 aliphatic heterocycles. The predicted octanol–water partition coefficient (Wildman–Crippen LogP) is 3.69. The van der Waals surface area contributed by atoms with Crippen molar-refractivity contribution in [2.75, 3.05) is 6.54 Å². The lowest BCUT2D eigenvalue weighted by atomic mass is 10.0. The molecule has 5 heteroatoms. The standard InChI is InChI=1S/C22H23FN2O2/c1-14(2)16-5-8-20-18(12-16)13-17(22(27)25-20)9-10-24-21(26)11-15-3-6-19(23)7-4-15/h3-8,12-14H,9-11H2,1-2H3,(H,24,26)(H,25,27). The van der Waals surface area contributed by atoms with Gasteiger partial charge in [0.2, 0.25) is 5.91 Å². The van der Waals surface area contributed by atoms with Gasteiger partial charge in [-0.25, -0.2) is 4.39 Å². The highest BCUT2D eigenvalue weighted by Gasteiger charge is 2.07. The van der Waals surface area contributed by atoms with Crippen molar-refractivity contribution in [1.29, 1.82) is 0 Å². The molecule has 2 aromatic carbocycles. The van der Waals surface area contributed by atoms with Crippen LogP contribution in [0.25, 0.3) is 10.9 Å². The SMILES string of the molecule is CC(C)c1ccc2[nH]c(=O)c(CCNC(=O)Cc3ccc(F)cc3)cc2c1. The summed E-state index contributed by atoms with van der Waals surface area (Å²) in [6.07, 6.45) is 0.637. The molecule has 0 saturated heterocycles. The van der Waals surface area contributed by atoms with E-state index in [-0.39, 0.29) is 23.7 Å². The van der Waals surface area contributed by atoms with Crippen molar-refractivity contribution in [3.8, 4) is 0 Å². The van der Waals surface area contributed by atoms with E-state index >= 15 is 0 Å². The number of aromatic amines is 1. The second-order valence-electron chi connectivity index (χ2n) is 7.03. The van der Waals surface area contributed by atoms with Crippen LogP contribution in [0.15, 0.2) is 53.3 Å². The lowest BCUT2D eigenvalue weighted by Gasteiger charge is -2.09. The molecule has 2 N–H and O–H groups in total. The second-order valence-corrected chi connectivity index (χ2v) is 7.03. The average Bonchev–Trinajstić information content (AvgIpc) is 2.63. The van der Waals surface area contributed by atoms with E-state index < -0.39 is 0 Å². The van der Waals surface area contributed by atoms with E-state index in [9.17, 15) is 14.0 Å². The van der Waals surface area contributed by atoms with Crippen molar-refractivity contribution in [2.24, 2.45) is 0 Å². The van der Waals surface area contributed by atoms with E-state index in [1.807, 2.05) is 18.2 Å². The Morgan fingerprint density at radius 1 is 1.11 bits per heavy atom. The summed E-state index contributed by atoms with van der Waals surface area (Å²) >= 11 is 0. The second kappa shape index (κ2) is 8.16. The molecule has 0 aliphatic carbocycles. The van der Waals surface area contributed by atoms with Crippen LogP contribution < -0.4 is 10.9 Å². The highest BCUT2D eigenvalue weighted by atomic mass is 19.1. The van der Waals surface area contributed by atoms with Crippen LogP contribution in [0.2, 0.25) is 0 Å². The van der Waals surface area contributed by atoms with Gasteiger partial charge in [-0.3, -0.25) is 9.59 Å². The summed E-state index contributed by atoms with van der Waals surface area (Å²) in [5, 5.41) is 3.81. The van der Waals surface area contributed by atoms with Gasteiger partial charge in [0.25, 0.3) is 5.56 Å². The maximum Gasteiger partial charge on any atom is 0.251 e. The number of nitrogens with one attached hydrogen (secondary N) is 2. The minimum absolute atomic E-state index is 0.132. The number of H-pyrrole nitrogens is 1. The molecule has 0 bridgehead atoms. The quantitative estimate of drug-likeness (QED) is 0.699. The molecule has 0 spiro atoms. The Balaban J connectivity index is 1.63. The number of hydrogen-bond acceptors (Lipinski definition) is 2. The minimum Gasteiger partial charge on any atom is -0.355 e. The number of rotatable bonds is 6. The van der Waals surface area contributed by atoms with Gasteiger partial charge < -0.3 is 10.3 Å². The summed E-state index contributed by atoms with van der Waals surface area (Å²) < 4.78 is 12.9. The third kappa shape index (κ3) is 4.82. The fourth-order valence-corrected chi connectivity index (χ4v) is 3.00. The van der Waals surface area contributed by atoms with Gasteiger partial charge in [-0.2, -0.15) is 0 Å². The topological polar surface area (TPSA) is 62.0 Å². The van der Waals surface area contributed by atoms with Gasteiger partial charge in [0, 0.05) is 17.6 Å². The maximum atomic E-state index is 12.9. The first-order valence-electron chi connectivity index (χ1n) is 9.09. The van der Waals surface area contributed by atoms with E-state index in [2.05, 4.69) is 30.2 Å². The number of fused-ring (bicyclic) bond motifs is 1. The van der Waals surface area contributed by atoms with Gasteiger partial charge >= 0.3 is 0 Å². The lowest BCUT2D eigenvalue weighted by Crippen LogP contribution is -2.28. The van der Waals surface area contributed by atoms with Crippen LogP contribution in [0, 0.1) is 5.82 Å². The molecule has 3 rings (SSSR count). The number of carbonyl (C=O) groups excluding carboxylic acids is 1. The highest BCUT2D eigenvalue weighted by Crippen LogP contribution is 2.20. The molecule has 0 unspecified atom stereocenters. The summed E-state index contributed by atoms with van der Waals surface area (Å²) in [6, 6.07) is 13.8. The Kier molecular flexibility index (Phi) is 5.69. The Morgan fingerprint density at radius 2 is 1.85 bits per heavy atom. The Bertz CT molecular complexity index is 1010. The van der Waals surface area contributed by atoms with Crippen molar-refractivity contribution in [3.05, 3.63) is 81.4 Å². The first kappa shape index (κ1) is 18.8. The third-order valence-electron chi connectivity index (χ3n) is 4.61. The van der Waals surface area contributed by atoms with Crippen molar-refractivity contribution in [1.82, 2.24) is 10.3 Å². The van der Waals surface area contributed by atoms with Crippen LogP contribution in [0.3, 0.4) is 0 Å². The first-order valence-corrected chi connectivity index (χ1v) is 9.09. The lowest BCUT2D eigenvalue weighted by molar-refractivity contribution is -0.120. The Morgan fingerprint density at radius 3 is 2.56 bits per heavy atom. The molecule has 27 heavy (non-hydrogen) atoms. The average molecular weight is 366 g/mol. The number of halogens is 1. The molecule has 0 saturated carbocycles. The molecule has 0 fully saturated rings. The highest BCUT2D eigenvalue weighted by molar-refractivity contribution is 5.80. The number of carbonyl (C=O) groups is 1. The van der Waals surface area contributed by atoms with Crippen molar-refractivity contribution < 1.29 is 9.18 Å². The summed E-state index contributed by atoms with van der Waals surface area (Å²) in [6.45, 7) is 4.63. The third-order valence-corrected chi connectivity index (χ3v) is 4.61. The fraction of sp³-hybridized carbons (Fsp3) is 0.273. The zero-order valence-corrected chi connectivity index (χ0v) is 15.5. The van der Waals surface area contributed by atoms with Gasteiger partial charge in [-0.05, 0) is 59.2 Å². The van der Waals surface area contributed by atoms with Crippen LogP contribution in [0.4, 0.5) is 4.39 Å². The molecule has 1 amide bonds.